The van der Waals surface area contributed by atoms with Gasteiger partial charge < -0.3 is 5.32 Å². The Bertz CT molecular complexity index is 302. The van der Waals surface area contributed by atoms with Crippen LogP contribution in [0.1, 0.15) is 32.6 Å². The molecule has 0 amide bonds. The van der Waals surface area contributed by atoms with E-state index in [1.54, 1.807) is 6.07 Å². The molecule has 1 aromatic carbocycles. The number of halogens is 2. The van der Waals surface area contributed by atoms with Crippen molar-refractivity contribution in [2.24, 2.45) is 0 Å². The molecule has 1 aromatic rings. The van der Waals surface area contributed by atoms with Crippen LogP contribution in [0.25, 0.3) is 0 Å². The highest BCUT2D eigenvalue weighted by Gasteiger charge is 2.00. The summed E-state index contributed by atoms with van der Waals surface area (Å²) in [5.41, 5.74) is 0.814. The first kappa shape index (κ1) is 12.3. The minimum atomic E-state index is -0.295. The highest BCUT2D eigenvalue weighted by molar-refractivity contribution is 6.33. The van der Waals surface area contributed by atoms with Crippen LogP contribution >= 0.6 is 11.6 Å². The number of rotatable bonds is 6. The predicted octanol–water partition coefficient (Wildman–Crippen LogP) is 4.47. The van der Waals surface area contributed by atoms with Crippen molar-refractivity contribution < 1.29 is 4.39 Å². The second kappa shape index (κ2) is 6.67. The average molecular weight is 230 g/mol. The van der Waals surface area contributed by atoms with E-state index in [1.807, 2.05) is 0 Å². The first-order valence-corrected chi connectivity index (χ1v) is 5.80. The molecule has 0 fully saturated rings. The Kier molecular flexibility index (Phi) is 5.48. The highest BCUT2D eigenvalue weighted by Crippen LogP contribution is 2.22. The summed E-state index contributed by atoms with van der Waals surface area (Å²) in [7, 11) is 0. The molecular formula is C12H17ClFN. The van der Waals surface area contributed by atoms with Crippen LogP contribution in [0, 0.1) is 5.82 Å². The Hall–Kier alpha value is -0.760. The molecule has 0 spiro atoms. The number of anilines is 1. The third-order valence-electron chi connectivity index (χ3n) is 2.28. The van der Waals surface area contributed by atoms with E-state index in [1.165, 1.54) is 31.4 Å². The molecule has 0 saturated heterocycles. The first-order chi connectivity index (χ1) is 7.24. The molecule has 0 aliphatic heterocycles. The van der Waals surface area contributed by atoms with Gasteiger partial charge in [0.2, 0.25) is 0 Å². The Labute approximate surface area is 95.6 Å². The largest absolute Gasteiger partial charge is 0.384 e. The Morgan fingerprint density at radius 2 is 2.07 bits per heavy atom. The van der Waals surface area contributed by atoms with E-state index in [0.717, 1.165) is 18.7 Å². The van der Waals surface area contributed by atoms with Crippen LogP contribution in [0.15, 0.2) is 18.2 Å². The normalized spacial score (nSPS) is 10.3. The summed E-state index contributed by atoms with van der Waals surface area (Å²) in [6.07, 6.45) is 4.85. The van der Waals surface area contributed by atoms with Gasteiger partial charge in [0.05, 0.1) is 10.7 Å². The van der Waals surface area contributed by atoms with E-state index in [4.69, 9.17) is 11.6 Å². The van der Waals surface area contributed by atoms with Crippen molar-refractivity contribution in [2.45, 2.75) is 32.6 Å². The summed E-state index contributed by atoms with van der Waals surface area (Å²) in [4.78, 5) is 0. The second-order valence-electron chi connectivity index (χ2n) is 3.61. The standard InChI is InChI=1S/C12H17ClFN/c1-2-3-4-5-8-15-12-7-6-10(14)9-11(12)13/h6-7,9,15H,2-5,8H2,1H3. The van der Waals surface area contributed by atoms with E-state index in [2.05, 4.69) is 12.2 Å². The molecule has 84 valence electrons. The van der Waals surface area contributed by atoms with Crippen LogP contribution in [0.5, 0.6) is 0 Å². The first-order valence-electron chi connectivity index (χ1n) is 5.43. The van der Waals surface area contributed by atoms with E-state index in [0.29, 0.717) is 5.02 Å². The van der Waals surface area contributed by atoms with Crippen LogP contribution in [-0.2, 0) is 0 Å². The van der Waals surface area contributed by atoms with E-state index in [-0.39, 0.29) is 5.82 Å². The maximum Gasteiger partial charge on any atom is 0.124 e. The van der Waals surface area contributed by atoms with Gasteiger partial charge in [-0.25, -0.2) is 4.39 Å². The van der Waals surface area contributed by atoms with Gasteiger partial charge in [-0.2, -0.15) is 0 Å². The molecule has 0 aliphatic rings. The van der Waals surface area contributed by atoms with Crippen molar-refractivity contribution in [3.8, 4) is 0 Å². The van der Waals surface area contributed by atoms with Gasteiger partial charge in [0.15, 0.2) is 0 Å². The summed E-state index contributed by atoms with van der Waals surface area (Å²) in [6.45, 7) is 3.08. The molecule has 3 heteroatoms. The summed E-state index contributed by atoms with van der Waals surface area (Å²) < 4.78 is 12.7. The lowest BCUT2D eigenvalue weighted by Gasteiger charge is -2.07. The zero-order valence-corrected chi connectivity index (χ0v) is 9.78. The zero-order valence-electron chi connectivity index (χ0n) is 9.02. The van der Waals surface area contributed by atoms with Gasteiger partial charge in [-0.1, -0.05) is 37.8 Å². The molecule has 0 radical (unpaired) electrons. The summed E-state index contributed by atoms with van der Waals surface area (Å²) >= 11 is 5.87. The van der Waals surface area contributed by atoms with Crippen molar-refractivity contribution in [2.75, 3.05) is 11.9 Å². The maximum atomic E-state index is 12.7. The van der Waals surface area contributed by atoms with Crippen LogP contribution in [0.4, 0.5) is 10.1 Å². The van der Waals surface area contributed by atoms with Gasteiger partial charge in [0.1, 0.15) is 5.82 Å². The molecule has 0 aliphatic carbocycles. The maximum absolute atomic E-state index is 12.7. The molecule has 0 heterocycles. The average Bonchev–Trinajstić information content (AvgIpc) is 2.20. The number of nitrogens with one attached hydrogen (secondary N) is 1. The second-order valence-corrected chi connectivity index (χ2v) is 4.02. The lowest BCUT2D eigenvalue weighted by Crippen LogP contribution is -2.01. The molecule has 1 nitrogen and oxygen atoms in total. The lowest BCUT2D eigenvalue weighted by molar-refractivity contribution is 0.628. The molecule has 1 N–H and O–H groups in total. The fraction of sp³-hybridized carbons (Fsp3) is 0.500. The van der Waals surface area contributed by atoms with Crippen LogP contribution in [0.3, 0.4) is 0 Å². The lowest BCUT2D eigenvalue weighted by atomic mass is 10.2. The smallest absolute Gasteiger partial charge is 0.124 e. The molecule has 0 aromatic heterocycles. The number of benzene rings is 1. The number of unbranched alkanes of at least 4 members (excludes halogenated alkanes) is 3. The Morgan fingerprint density at radius 3 is 2.73 bits per heavy atom. The van der Waals surface area contributed by atoms with Gasteiger partial charge in [-0.3, -0.25) is 0 Å². The molecule has 0 unspecified atom stereocenters. The minimum Gasteiger partial charge on any atom is -0.384 e. The van der Waals surface area contributed by atoms with Crippen molar-refractivity contribution in [3.05, 3.63) is 29.0 Å². The molecule has 15 heavy (non-hydrogen) atoms. The van der Waals surface area contributed by atoms with Crippen molar-refractivity contribution in [3.63, 3.8) is 0 Å². The topological polar surface area (TPSA) is 12.0 Å². The van der Waals surface area contributed by atoms with Crippen LogP contribution in [0.2, 0.25) is 5.02 Å². The van der Waals surface area contributed by atoms with Gasteiger partial charge >= 0.3 is 0 Å². The zero-order chi connectivity index (χ0) is 11.1. The molecule has 1 rings (SSSR count). The van der Waals surface area contributed by atoms with E-state index < -0.39 is 0 Å². The predicted molar refractivity (Wildman–Crippen MR) is 64.0 cm³/mol. The summed E-state index contributed by atoms with van der Waals surface area (Å²) in [5, 5.41) is 3.65. The fourth-order valence-corrected chi connectivity index (χ4v) is 1.64. The monoisotopic (exact) mass is 229 g/mol. The van der Waals surface area contributed by atoms with Crippen LogP contribution in [-0.4, -0.2) is 6.54 Å². The minimum absolute atomic E-state index is 0.295. The molecule has 0 bridgehead atoms. The van der Waals surface area contributed by atoms with Gasteiger partial charge in [-0.15, -0.1) is 0 Å². The van der Waals surface area contributed by atoms with E-state index >= 15 is 0 Å². The van der Waals surface area contributed by atoms with Gasteiger partial charge in [0, 0.05) is 6.54 Å². The van der Waals surface area contributed by atoms with Crippen molar-refractivity contribution in [1.29, 1.82) is 0 Å². The molecule has 0 saturated carbocycles. The van der Waals surface area contributed by atoms with Crippen LogP contribution < -0.4 is 5.32 Å². The molecule has 0 atom stereocenters. The number of hydrogen-bond donors (Lipinski definition) is 1. The quantitative estimate of drug-likeness (QED) is 0.710. The third-order valence-corrected chi connectivity index (χ3v) is 2.59. The SMILES string of the molecule is CCCCCCNc1ccc(F)cc1Cl. The van der Waals surface area contributed by atoms with Crippen molar-refractivity contribution >= 4 is 17.3 Å². The van der Waals surface area contributed by atoms with Gasteiger partial charge in [-0.05, 0) is 24.6 Å². The fourth-order valence-electron chi connectivity index (χ4n) is 1.41. The number of hydrogen-bond acceptors (Lipinski definition) is 1. The van der Waals surface area contributed by atoms with Gasteiger partial charge in [0.25, 0.3) is 0 Å². The summed E-state index contributed by atoms with van der Waals surface area (Å²) in [5.74, 6) is -0.295. The Morgan fingerprint density at radius 1 is 1.27 bits per heavy atom. The van der Waals surface area contributed by atoms with Crippen molar-refractivity contribution in [1.82, 2.24) is 0 Å². The van der Waals surface area contributed by atoms with E-state index in [9.17, 15) is 4.39 Å². The highest BCUT2D eigenvalue weighted by atomic mass is 35.5. The Balaban J connectivity index is 2.31. The summed E-state index contributed by atoms with van der Waals surface area (Å²) in [6, 6.07) is 4.42. The third kappa shape index (κ3) is 4.52. The molecular weight excluding hydrogens is 213 g/mol.